The van der Waals surface area contributed by atoms with Crippen molar-refractivity contribution in [1.82, 2.24) is 4.98 Å². The van der Waals surface area contributed by atoms with E-state index in [4.69, 9.17) is 12.6 Å². The molecule has 2 heteroatoms. The summed E-state index contributed by atoms with van der Waals surface area (Å²) in [6.07, 6.45) is 4.10. The molecule has 1 aliphatic carbocycles. The predicted octanol–water partition coefficient (Wildman–Crippen LogP) is 10.3. The van der Waals surface area contributed by atoms with E-state index in [-0.39, 0.29) is 16.5 Å². The van der Waals surface area contributed by atoms with E-state index >= 15 is 0 Å². The number of pyridine rings is 1. The molecule has 0 spiro atoms. The molecule has 0 saturated heterocycles. The molecule has 0 bridgehead atoms. The molecule has 1 fully saturated rings. The second kappa shape index (κ2) is 8.18. The minimum absolute atomic E-state index is 0.0911. The smallest absolute Gasteiger partial charge is 0.145 e. The maximum absolute atomic E-state index is 9.48. The highest BCUT2D eigenvalue weighted by Gasteiger charge is 2.29. The highest BCUT2D eigenvalue weighted by atomic mass is 16.3. The number of aryl methyl sites for hydroxylation is 2. The molecule has 0 N–H and O–H groups in total. The normalized spacial score (nSPS) is 20.6. The van der Waals surface area contributed by atoms with Gasteiger partial charge in [0.15, 0.2) is 0 Å². The van der Waals surface area contributed by atoms with E-state index < -0.39 is 19.6 Å². The minimum atomic E-state index is -2.43. The van der Waals surface area contributed by atoms with Crippen LogP contribution in [0.4, 0.5) is 0 Å². The van der Waals surface area contributed by atoms with Crippen LogP contribution in [0.15, 0.2) is 77.3 Å². The zero-order chi connectivity index (χ0) is 31.2. The van der Waals surface area contributed by atoms with Gasteiger partial charge in [0, 0.05) is 37.5 Å². The summed E-state index contributed by atoms with van der Waals surface area (Å²) in [5.41, 5.74) is 2.83. The van der Waals surface area contributed by atoms with E-state index in [2.05, 4.69) is 24.9 Å². The van der Waals surface area contributed by atoms with Crippen LogP contribution in [0.25, 0.3) is 54.7 Å². The van der Waals surface area contributed by atoms with Gasteiger partial charge in [-0.25, -0.2) is 0 Å². The second-order valence-corrected chi connectivity index (χ2v) is 11.2. The van der Waals surface area contributed by atoms with Gasteiger partial charge in [0.25, 0.3) is 0 Å². The average Bonchev–Trinajstić information content (AvgIpc) is 3.36. The summed E-state index contributed by atoms with van der Waals surface area (Å²) < 4.78 is 65.9. The molecular formula is C35H33NO. The van der Waals surface area contributed by atoms with Crippen LogP contribution in [0.1, 0.15) is 71.7 Å². The monoisotopic (exact) mass is 490 g/mol. The molecule has 37 heavy (non-hydrogen) atoms. The zero-order valence-corrected chi connectivity index (χ0v) is 21.1. The topological polar surface area (TPSA) is 26.0 Å². The van der Waals surface area contributed by atoms with Gasteiger partial charge in [-0.3, -0.25) is 4.98 Å². The maximum Gasteiger partial charge on any atom is 0.145 e. The number of furan rings is 1. The molecular weight excluding hydrogens is 450 g/mol. The number of fused-ring (bicyclic) bond motifs is 7. The van der Waals surface area contributed by atoms with Crippen LogP contribution in [0, 0.1) is 19.1 Å². The average molecular weight is 491 g/mol. The van der Waals surface area contributed by atoms with Gasteiger partial charge < -0.3 is 4.42 Å². The second-order valence-electron chi connectivity index (χ2n) is 11.2. The minimum Gasteiger partial charge on any atom is -0.455 e. The summed E-state index contributed by atoms with van der Waals surface area (Å²) in [6.45, 7) is -0.452. The van der Waals surface area contributed by atoms with Crippen LogP contribution in [0.5, 0.6) is 0 Å². The first-order chi connectivity index (χ1) is 20.7. The lowest BCUT2D eigenvalue weighted by molar-refractivity contribution is 0.224. The number of nitrogens with zero attached hydrogens (tertiary/aromatic N) is 1. The Labute approximate surface area is 228 Å². The van der Waals surface area contributed by atoms with Gasteiger partial charge in [-0.15, -0.1) is 0 Å². The van der Waals surface area contributed by atoms with Crippen molar-refractivity contribution in [3.8, 4) is 11.3 Å². The maximum atomic E-state index is 9.48. The van der Waals surface area contributed by atoms with E-state index in [0.717, 1.165) is 34.4 Å². The number of hydrogen-bond donors (Lipinski definition) is 0. The number of benzene rings is 4. The fraction of sp³-hybridized carbons (Fsp3) is 0.286. The van der Waals surface area contributed by atoms with Crippen LogP contribution < -0.4 is 0 Å². The molecule has 2 heterocycles. The van der Waals surface area contributed by atoms with Crippen LogP contribution in [0.3, 0.4) is 0 Å². The van der Waals surface area contributed by atoms with Crippen LogP contribution >= 0.6 is 0 Å². The summed E-state index contributed by atoms with van der Waals surface area (Å²) in [7, 11) is 0. The van der Waals surface area contributed by atoms with Crippen LogP contribution in [-0.4, -0.2) is 4.98 Å². The fourth-order valence-corrected chi connectivity index (χ4v) is 6.02. The van der Waals surface area contributed by atoms with Gasteiger partial charge in [-0.05, 0) is 102 Å². The largest absolute Gasteiger partial charge is 0.455 e. The van der Waals surface area contributed by atoms with Crippen molar-refractivity contribution >= 4 is 43.5 Å². The van der Waals surface area contributed by atoms with Gasteiger partial charge in [-0.1, -0.05) is 62.4 Å². The molecule has 1 aliphatic rings. The van der Waals surface area contributed by atoms with Gasteiger partial charge in [0.05, 0.1) is 5.69 Å². The molecule has 2 aromatic heterocycles. The molecule has 7 rings (SSSR count). The number of rotatable bonds is 2. The van der Waals surface area contributed by atoms with E-state index in [1.165, 1.54) is 6.20 Å². The standard InChI is InChI=1S/C35H33NO/c1-21-9-13-27(30-19-29(22(2)20-36-30)24-15-17-35(3,4)18-16-24)33-31(21)28-14-12-25-11-10-23-7-5-6-8-26(23)32(25)34(28)37-33/h5-14,19-20,24H,15-18H2,1-4H3/i1D3,2D3,24D. The van der Waals surface area contributed by atoms with E-state index in [1.807, 2.05) is 42.5 Å². The SMILES string of the molecule is [2H]C([2H])([2H])c1cnc(-c2ccc(C([2H])([2H])[2H])c3c2oc2c3ccc3ccc4ccccc4c32)cc1C1([2H])CCC(C)(C)CC1. The Kier molecular flexibility index (Phi) is 3.59. The summed E-state index contributed by atoms with van der Waals surface area (Å²) in [5, 5.41) is 5.13. The van der Waals surface area contributed by atoms with Gasteiger partial charge in [0.2, 0.25) is 0 Å². The molecule has 6 aromatic rings. The fourth-order valence-electron chi connectivity index (χ4n) is 6.02. The lowest BCUT2D eigenvalue weighted by atomic mass is 9.71. The van der Waals surface area contributed by atoms with Crippen molar-refractivity contribution in [2.45, 2.75) is 59.1 Å². The van der Waals surface area contributed by atoms with E-state index in [9.17, 15) is 1.37 Å². The Balaban J connectivity index is 1.53. The molecule has 4 aromatic carbocycles. The summed E-state index contributed by atoms with van der Waals surface area (Å²) in [5.74, 6) is -1.07. The Morgan fingerprint density at radius 3 is 2.46 bits per heavy atom. The molecule has 1 saturated carbocycles. The van der Waals surface area contributed by atoms with Crippen LogP contribution in [-0.2, 0) is 0 Å². The number of aromatic nitrogens is 1. The van der Waals surface area contributed by atoms with Crippen molar-refractivity contribution in [2.75, 3.05) is 0 Å². The molecule has 0 amide bonds. The molecule has 0 radical (unpaired) electrons. The highest BCUT2D eigenvalue weighted by molar-refractivity contribution is 6.24. The first-order valence-corrected chi connectivity index (χ1v) is 13.0. The summed E-state index contributed by atoms with van der Waals surface area (Å²) in [4.78, 5) is 4.61. The van der Waals surface area contributed by atoms with Crippen molar-refractivity contribution in [3.63, 3.8) is 0 Å². The van der Waals surface area contributed by atoms with E-state index in [0.29, 0.717) is 51.6 Å². The van der Waals surface area contributed by atoms with Gasteiger partial charge in [0.1, 0.15) is 11.2 Å². The van der Waals surface area contributed by atoms with Crippen LogP contribution in [0.2, 0.25) is 0 Å². The van der Waals surface area contributed by atoms with Crippen molar-refractivity contribution in [1.29, 1.82) is 0 Å². The highest BCUT2D eigenvalue weighted by Crippen LogP contribution is 2.45. The third-order valence-corrected chi connectivity index (χ3v) is 8.26. The Hall–Kier alpha value is -3.65. The lowest BCUT2D eigenvalue weighted by Gasteiger charge is -2.35. The molecule has 2 nitrogen and oxygen atoms in total. The summed E-state index contributed by atoms with van der Waals surface area (Å²) in [6, 6.07) is 21.1. The zero-order valence-electron chi connectivity index (χ0n) is 28.1. The third kappa shape index (κ3) is 3.57. The Morgan fingerprint density at radius 1 is 0.838 bits per heavy atom. The molecule has 184 valence electrons. The first kappa shape index (κ1) is 16.2. The molecule has 0 unspecified atom stereocenters. The van der Waals surface area contributed by atoms with E-state index in [1.54, 1.807) is 18.2 Å². The number of hydrogen-bond acceptors (Lipinski definition) is 2. The Bertz CT molecular complexity index is 2090. The van der Waals surface area contributed by atoms with Crippen molar-refractivity contribution < 1.29 is 14.0 Å². The third-order valence-electron chi connectivity index (χ3n) is 8.26. The molecule has 0 atom stereocenters. The Morgan fingerprint density at radius 2 is 1.62 bits per heavy atom. The van der Waals surface area contributed by atoms with Gasteiger partial charge >= 0.3 is 0 Å². The van der Waals surface area contributed by atoms with Gasteiger partial charge in [-0.2, -0.15) is 0 Å². The summed E-state index contributed by atoms with van der Waals surface area (Å²) >= 11 is 0. The van der Waals surface area contributed by atoms with Crippen molar-refractivity contribution in [3.05, 3.63) is 89.6 Å². The lowest BCUT2D eigenvalue weighted by Crippen LogP contribution is -2.20. The molecule has 0 aliphatic heterocycles. The quantitative estimate of drug-likeness (QED) is 0.226. The predicted molar refractivity (Wildman–Crippen MR) is 156 cm³/mol. The first-order valence-electron chi connectivity index (χ1n) is 16.5. The van der Waals surface area contributed by atoms with Crippen molar-refractivity contribution in [2.24, 2.45) is 5.41 Å².